The van der Waals surface area contributed by atoms with E-state index in [9.17, 15) is 0 Å². The summed E-state index contributed by atoms with van der Waals surface area (Å²) >= 11 is 1.78. The highest BCUT2D eigenvalue weighted by Gasteiger charge is 2.32. The Hall–Kier alpha value is -0.450. The highest BCUT2D eigenvalue weighted by molar-refractivity contribution is 7.09. The summed E-state index contributed by atoms with van der Waals surface area (Å²) in [5.41, 5.74) is 1.44. The van der Waals surface area contributed by atoms with Crippen LogP contribution in [0.2, 0.25) is 0 Å². The second kappa shape index (κ2) is 4.82. The van der Waals surface area contributed by atoms with Crippen LogP contribution in [0.1, 0.15) is 31.0 Å². The average molecular weight is 239 g/mol. The topological polar surface area (TPSA) is 28.2 Å². The van der Waals surface area contributed by atoms with Crippen molar-refractivity contribution < 1.29 is 0 Å². The summed E-state index contributed by atoms with van der Waals surface area (Å²) in [6, 6.07) is 0. The molecule has 0 aliphatic carbocycles. The molecule has 1 aromatic heterocycles. The molecule has 1 atom stereocenters. The van der Waals surface area contributed by atoms with Crippen molar-refractivity contribution in [3.63, 3.8) is 0 Å². The molecule has 3 nitrogen and oxygen atoms in total. The zero-order valence-electron chi connectivity index (χ0n) is 10.4. The van der Waals surface area contributed by atoms with Crippen molar-refractivity contribution in [3.8, 4) is 0 Å². The van der Waals surface area contributed by atoms with Crippen LogP contribution in [-0.2, 0) is 6.54 Å². The minimum atomic E-state index is 0.290. The monoisotopic (exact) mass is 239 g/mol. The Labute approximate surface area is 102 Å². The molecule has 1 aliphatic rings. The summed E-state index contributed by atoms with van der Waals surface area (Å²) < 4.78 is 0. The van der Waals surface area contributed by atoms with Gasteiger partial charge in [0.25, 0.3) is 0 Å². The first-order valence-electron chi connectivity index (χ1n) is 6.01. The molecule has 1 unspecified atom stereocenters. The smallest absolute Gasteiger partial charge is 0.107 e. The number of nitrogens with one attached hydrogen (secondary N) is 1. The van der Waals surface area contributed by atoms with E-state index in [0.717, 1.165) is 31.9 Å². The van der Waals surface area contributed by atoms with Gasteiger partial charge in [0, 0.05) is 36.2 Å². The summed E-state index contributed by atoms with van der Waals surface area (Å²) in [6.07, 6.45) is 1.18. The molecule has 0 amide bonds. The van der Waals surface area contributed by atoms with Crippen LogP contribution in [0.5, 0.6) is 0 Å². The first kappa shape index (κ1) is 12.0. The zero-order chi connectivity index (χ0) is 11.6. The van der Waals surface area contributed by atoms with E-state index < -0.39 is 0 Å². The Morgan fingerprint density at radius 3 is 3.06 bits per heavy atom. The zero-order valence-corrected chi connectivity index (χ0v) is 11.2. The number of piperazine rings is 1. The number of hydrogen-bond donors (Lipinski definition) is 1. The molecule has 1 aliphatic heterocycles. The van der Waals surface area contributed by atoms with E-state index in [1.54, 1.807) is 11.3 Å². The van der Waals surface area contributed by atoms with E-state index in [0.29, 0.717) is 0 Å². The van der Waals surface area contributed by atoms with Crippen molar-refractivity contribution >= 4 is 11.3 Å². The lowest BCUT2D eigenvalue weighted by Gasteiger charge is -2.44. The fourth-order valence-corrected chi connectivity index (χ4v) is 3.00. The van der Waals surface area contributed by atoms with E-state index in [1.165, 1.54) is 11.4 Å². The summed E-state index contributed by atoms with van der Waals surface area (Å²) in [6.45, 7) is 11.0. The first-order chi connectivity index (χ1) is 7.64. The molecule has 90 valence electrons. The maximum atomic E-state index is 4.56. The van der Waals surface area contributed by atoms with Crippen LogP contribution in [0.15, 0.2) is 5.38 Å². The lowest BCUT2D eigenvalue weighted by Crippen LogP contribution is -2.58. The number of rotatable bonds is 3. The predicted molar refractivity (Wildman–Crippen MR) is 68.8 cm³/mol. The summed E-state index contributed by atoms with van der Waals surface area (Å²) in [5, 5.41) is 6.88. The van der Waals surface area contributed by atoms with E-state index in [4.69, 9.17) is 0 Å². The summed E-state index contributed by atoms with van der Waals surface area (Å²) in [7, 11) is 0. The quantitative estimate of drug-likeness (QED) is 0.875. The molecule has 0 aromatic carbocycles. The summed E-state index contributed by atoms with van der Waals surface area (Å²) in [5.74, 6) is 0. The number of aryl methyl sites for hydroxylation is 1. The minimum Gasteiger partial charge on any atom is -0.314 e. The van der Waals surface area contributed by atoms with E-state index in [2.05, 4.69) is 41.4 Å². The third kappa shape index (κ3) is 2.44. The molecule has 2 rings (SSSR count). The molecule has 1 N–H and O–H groups in total. The normalized spacial score (nSPS) is 27.2. The molecule has 16 heavy (non-hydrogen) atoms. The van der Waals surface area contributed by atoms with Gasteiger partial charge in [0.1, 0.15) is 5.01 Å². The Kier molecular flexibility index (Phi) is 3.62. The SMILES string of the molecule is CCC1(C)CNCCN1Cc1nc(C)cs1. The number of aromatic nitrogens is 1. The Morgan fingerprint density at radius 1 is 1.62 bits per heavy atom. The van der Waals surface area contributed by atoms with Crippen LogP contribution >= 0.6 is 11.3 Å². The van der Waals surface area contributed by atoms with Gasteiger partial charge in [-0.25, -0.2) is 4.98 Å². The average Bonchev–Trinajstić information content (AvgIpc) is 2.68. The molecule has 2 heterocycles. The maximum absolute atomic E-state index is 4.56. The molecule has 1 aromatic rings. The van der Waals surface area contributed by atoms with E-state index >= 15 is 0 Å². The van der Waals surface area contributed by atoms with Gasteiger partial charge in [-0.1, -0.05) is 6.92 Å². The Morgan fingerprint density at radius 2 is 2.44 bits per heavy atom. The Bertz CT molecular complexity index is 350. The van der Waals surface area contributed by atoms with Gasteiger partial charge in [-0.3, -0.25) is 4.90 Å². The molecule has 0 radical (unpaired) electrons. The van der Waals surface area contributed by atoms with Gasteiger partial charge in [-0.2, -0.15) is 0 Å². The van der Waals surface area contributed by atoms with Crippen LogP contribution in [0, 0.1) is 6.92 Å². The fourth-order valence-electron chi connectivity index (χ4n) is 2.21. The van der Waals surface area contributed by atoms with Crippen LogP contribution in [0.25, 0.3) is 0 Å². The van der Waals surface area contributed by atoms with E-state index in [-0.39, 0.29) is 5.54 Å². The third-order valence-corrected chi connectivity index (χ3v) is 4.53. The van der Waals surface area contributed by atoms with Gasteiger partial charge in [-0.15, -0.1) is 11.3 Å². The van der Waals surface area contributed by atoms with Crippen LogP contribution in [0.3, 0.4) is 0 Å². The number of thiazole rings is 1. The van der Waals surface area contributed by atoms with Gasteiger partial charge >= 0.3 is 0 Å². The second-order valence-electron chi connectivity index (χ2n) is 4.83. The van der Waals surface area contributed by atoms with Crippen LogP contribution < -0.4 is 5.32 Å². The van der Waals surface area contributed by atoms with Gasteiger partial charge in [0.05, 0.1) is 6.54 Å². The van der Waals surface area contributed by atoms with Crippen molar-refractivity contribution in [2.75, 3.05) is 19.6 Å². The van der Waals surface area contributed by atoms with Crippen LogP contribution in [0.4, 0.5) is 0 Å². The molecule has 4 heteroatoms. The van der Waals surface area contributed by atoms with Crippen molar-refractivity contribution in [1.82, 2.24) is 15.2 Å². The third-order valence-electron chi connectivity index (χ3n) is 3.58. The molecular weight excluding hydrogens is 218 g/mol. The van der Waals surface area contributed by atoms with E-state index in [1.807, 2.05) is 0 Å². The van der Waals surface area contributed by atoms with Gasteiger partial charge < -0.3 is 5.32 Å². The van der Waals surface area contributed by atoms with Crippen molar-refractivity contribution in [2.24, 2.45) is 0 Å². The fraction of sp³-hybridized carbons (Fsp3) is 0.750. The minimum absolute atomic E-state index is 0.290. The van der Waals surface area contributed by atoms with Crippen molar-refractivity contribution in [3.05, 3.63) is 16.1 Å². The highest BCUT2D eigenvalue weighted by atomic mass is 32.1. The van der Waals surface area contributed by atoms with Crippen molar-refractivity contribution in [1.29, 1.82) is 0 Å². The first-order valence-corrected chi connectivity index (χ1v) is 6.89. The molecule has 0 spiro atoms. The number of hydrogen-bond acceptors (Lipinski definition) is 4. The molecule has 1 fully saturated rings. The lowest BCUT2D eigenvalue weighted by atomic mass is 9.94. The van der Waals surface area contributed by atoms with Crippen LogP contribution in [-0.4, -0.2) is 35.1 Å². The molecule has 0 bridgehead atoms. The molecule has 0 saturated carbocycles. The molecular formula is C12H21N3S. The molecule has 1 saturated heterocycles. The van der Waals surface area contributed by atoms with Gasteiger partial charge in [-0.05, 0) is 20.3 Å². The van der Waals surface area contributed by atoms with Gasteiger partial charge in [0.15, 0.2) is 0 Å². The van der Waals surface area contributed by atoms with Gasteiger partial charge in [0.2, 0.25) is 0 Å². The lowest BCUT2D eigenvalue weighted by molar-refractivity contribution is 0.0636. The number of nitrogens with zero attached hydrogens (tertiary/aromatic N) is 2. The highest BCUT2D eigenvalue weighted by Crippen LogP contribution is 2.24. The standard InChI is InChI=1S/C12H21N3S/c1-4-12(3)9-13-5-6-15(12)7-11-14-10(2)8-16-11/h8,13H,4-7,9H2,1-3H3. The Balaban J connectivity index is 2.07. The second-order valence-corrected chi connectivity index (χ2v) is 5.77. The maximum Gasteiger partial charge on any atom is 0.107 e. The largest absolute Gasteiger partial charge is 0.314 e. The summed E-state index contributed by atoms with van der Waals surface area (Å²) in [4.78, 5) is 7.13. The van der Waals surface area contributed by atoms with Crippen molar-refractivity contribution in [2.45, 2.75) is 39.3 Å². The predicted octanol–water partition coefficient (Wildman–Crippen LogP) is 2.03.